The number of hydrogen-bond acceptors (Lipinski definition) is 7. The summed E-state index contributed by atoms with van der Waals surface area (Å²) < 4.78 is 20.4. The van der Waals surface area contributed by atoms with E-state index in [4.69, 9.17) is 4.42 Å². The van der Waals surface area contributed by atoms with Gasteiger partial charge in [-0.2, -0.15) is 9.78 Å². The largest absolute Gasteiger partial charge is 0.467 e. The summed E-state index contributed by atoms with van der Waals surface area (Å²) in [5.41, 5.74) is 1.48. The molecule has 0 spiro atoms. The Labute approximate surface area is 144 Å². The molecular formula is C16H10FN7O2. The van der Waals surface area contributed by atoms with E-state index in [0.717, 1.165) is 0 Å². The van der Waals surface area contributed by atoms with Crippen LogP contribution in [0.1, 0.15) is 17.4 Å². The zero-order valence-corrected chi connectivity index (χ0v) is 13.0. The van der Waals surface area contributed by atoms with Crippen molar-refractivity contribution < 1.29 is 8.81 Å². The molecular weight excluding hydrogens is 341 g/mol. The molecule has 128 valence electrons. The fraction of sp³-hybridized carbons (Fsp3) is 0.0625. The van der Waals surface area contributed by atoms with Crippen molar-refractivity contribution >= 4 is 11.6 Å². The highest BCUT2D eigenvalue weighted by Gasteiger charge is 2.35. The third-order valence-electron chi connectivity index (χ3n) is 4.20. The fourth-order valence-electron chi connectivity index (χ4n) is 3.08. The first-order valence-electron chi connectivity index (χ1n) is 7.69. The Morgan fingerprint density at radius 2 is 2.04 bits per heavy atom. The zero-order valence-electron chi connectivity index (χ0n) is 13.0. The van der Waals surface area contributed by atoms with Gasteiger partial charge in [0.05, 0.1) is 12.0 Å². The molecule has 5 rings (SSSR count). The van der Waals surface area contributed by atoms with E-state index in [1.165, 1.54) is 23.1 Å². The number of nitrogens with one attached hydrogen (secondary N) is 2. The van der Waals surface area contributed by atoms with Crippen LogP contribution in [0.3, 0.4) is 0 Å². The molecule has 0 saturated heterocycles. The molecule has 26 heavy (non-hydrogen) atoms. The second kappa shape index (κ2) is 5.34. The number of halogens is 1. The lowest BCUT2D eigenvalue weighted by atomic mass is 9.96. The van der Waals surface area contributed by atoms with Crippen molar-refractivity contribution in [1.29, 1.82) is 0 Å². The van der Waals surface area contributed by atoms with Crippen LogP contribution in [0, 0.1) is 5.82 Å². The highest BCUT2D eigenvalue weighted by atomic mass is 19.1. The van der Waals surface area contributed by atoms with Gasteiger partial charge in [-0.25, -0.2) is 9.49 Å². The van der Waals surface area contributed by atoms with Crippen molar-refractivity contribution in [3.05, 3.63) is 70.2 Å². The van der Waals surface area contributed by atoms with Gasteiger partial charge in [-0.1, -0.05) is 5.10 Å². The summed E-state index contributed by atoms with van der Waals surface area (Å²) in [6, 6.07) is 8.74. The standard InChI is InChI=1S/C16H10FN7O2/c17-9-5-3-8(4-6-9)12-11-13(15(25)20-19-12)18-16-21-22-23-24(16)14(11)10-2-1-7-26-10/h1-7,14H,(H,20,25)(H,18,21,23)/t14-/m1/s1. The normalized spacial score (nSPS) is 15.2. The fourth-order valence-corrected chi connectivity index (χ4v) is 3.08. The van der Waals surface area contributed by atoms with E-state index in [9.17, 15) is 9.18 Å². The van der Waals surface area contributed by atoms with Gasteiger partial charge in [-0.15, -0.1) is 0 Å². The third-order valence-corrected chi connectivity index (χ3v) is 4.20. The number of benzene rings is 1. The number of tetrazole rings is 1. The second-order valence-corrected chi connectivity index (χ2v) is 5.69. The number of hydrogen-bond donors (Lipinski definition) is 2. The minimum atomic E-state index is -0.596. The van der Waals surface area contributed by atoms with E-state index >= 15 is 0 Å². The topological polar surface area (TPSA) is 115 Å². The summed E-state index contributed by atoms with van der Waals surface area (Å²) in [4.78, 5) is 12.4. The number of rotatable bonds is 2. The number of aromatic nitrogens is 6. The van der Waals surface area contributed by atoms with Crippen molar-refractivity contribution in [2.24, 2.45) is 0 Å². The summed E-state index contributed by atoms with van der Waals surface area (Å²) >= 11 is 0. The number of fused-ring (bicyclic) bond motifs is 2. The smallest absolute Gasteiger partial charge is 0.288 e. The van der Waals surface area contributed by atoms with Gasteiger partial charge in [0.25, 0.3) is 5.56 Å². The molecule has 10 heteroatoms. The van der Waals surface area contributed by atoms with Crippen molar-refractivity contribution in [3.63, 3.8) is 0 Å². The summed E-state index contributed by atoms with van der Waals surface area (Å²) in [6.07, 6.45) is 1.53. The highest BCUT2D eigenvalue weighted by Crippen LogP contribution is 2.40. The van der Waals surface area contributed by atoms with Crippen LogP contribution in [-0.2, 0) is 0 Å². The van der Waals surface area contributed by atoms with Crippen LogP contribution in [0.2, 0.25) is 0 Å². The Bertz CT molecular complexity index is 1150. The Kier molecular flexibility index (Phi) is 2.98. The number of aromatic amines is 1. The quantitative estimate of drug-likeness (QED) is 0.499. The van der Waals surface area contributed by atoms with E-state index in [0.29, 0.717) is 28.5 Å². The molecule has 1 aliphatic rings. The van der Waals surface area contributed by atoms with Crippen molar-refractivity contribution in [3.8, 4) is 11.3 Å². The maximum Gasteiger partial charge on any atom is 0.288 e. The maximum atomic E-state index is 13.3. The lowest BCUT2D eigenvalue weighted by Crippen LogP contribution is -2.28. The first-order valence-corrected chi connectivity index (χ1v) is 7.69. The molecule has 4 aromatic rings. The summed E-state index contributed by atoms with van der Waals surface area (Å²) in [5, 5.41) is 21.1. The average molecular weight is 351 g/mol. The molecule has 0 radical (unpaired) electrons. The van der Waals surface area contributed by atoms with Crippen LogP contribution in [-0.4, -0.2) is 30.4 Å². The Morgan fingerprint density at radius 1 is 1.19 bits per heavy atom. The van der Waals surface area contributed by atoms with Crippen LogP contribution in [0.4, 0.5) is 16.0 Å². The van der Waals surface area contributed by atoms with Gasteiger partial charge in [0.1, 0.15) is 23.3 Å². The van der Waals surface area contributed by atoms with Gasteiger partial charge in [0.2, 0.25) is 5.95 Å². The number of anilines is 2. The van der Waals surface area contributed by atoms with Crippen LogP contribution in [0.25, 0.3) is 11.3 Å². The van der Waals surface area contributed by atoms with Crippen LogP contribution >= 0.6 is 0 Å². The number of nitrogens with zero attached hydrogens (tertiary/aromatic N) is 5. The van der Waals surface area contributed by atoms with E-state index in [-0.39, 0.29) is 11.5 Å². The van der Waals surface area contributed by atoms with Crippen LogP contribution in [0.5, 0.6) is 0 Å². The van der Waals surface area contributed by atoms with E-state index in [2.05, 4.69) is 31.0 Å². The van der Waals surface area contributed by atoms with Crippen LogP contribution in [0.15, 0.2) is 51.9 Å². The molecule has 4 heterocycles. The first-order chi connectivity index (χ1) is 12.7. The molecule has 0 saturated carbocycles. The Balaban J connectivity index is 1.82. The molecule has 1 atom stereocenters. The number of H-pyrrole nitrogens is 1. The number of furan rings is 1. The van der Waals surface area contributed by atoms with Crippen molar-refractivity contribution in [2.75, 3.05) is 5.32 Å². The SMILES string of the molecule is O=c1[nH]nc(-c2ccc(F)cc2)c2c1Nc1nnnn1[C@@H]2c1ccco1. The third kappa shape index (κ3) is 2.05. The molecule has 2 N–H and O–H groups in total. The molecule has 9 nitrogen and oxygen atoms in total. The molecule has 0 unspecified atom stereocenters. The van der Waals surface area contributed by atoms with Gasteiger partial charge in [-0.3, -0.25) is 4.79 Å². The summed E-state index contributed by atoms with van der Waals surface area (Å²) in [5.74, 6) is 0.480. The predicted molar refractivity (Wildman–Crippen MR) is 87.3 cm³/mol. The highest BCUT2D eigenvalue weighted by molar-refractivity contribution is 5.75. The van der Waals surface area contributed by atoms with Gasteiger partial charge in [0.15, 0.2) is 0 Å². The summed E-state index contributed by atoms with van der Waals surface area (Å²) in [7, 11) is 0. The van der Waals surface area contributed by atoms with Gasteiger partial charge >= 0.3 is 0 Å². The van der Waals surface area contributed by atoms with Gasteiger partial charge < -0.3 is 9.73 Å². The second-order valence-electron chi connectivity index (χ2n) is 5.69. The molecule has 1 aliphatic heterocycles. The van der Waals surface area contributed by atoms with Gasteiger partial charge in [-0.05, 0) is 46.8 Å². The summed E-state index contributed by atoms with van der Waals surface area (Å²) in [6.45, 7) is 0. The lowest BCUT2D eigenvalue weighted by molar-refractivity contribution is 0.435. The zero-order chi connectivity index (χ0) is 17.7. The maximum absolute atomic E-state index is 13.3. The van der Waals surface area contributed by atoms with E-state index in [1.54, 1.807) is 24.3 Å². The molecule has 0 amide bonds. The molecule has 0 fully saturated rings. The minimum Gasteiger partial charge on any atom is -0.467 e. The van der Waals surface area contributed by atoms with Crippen molar-refractivity contribution in [1.82, 2.24) is 30.4 Å². The lowest BCUT2D eigenvalue weighted by Gasteiger charge is -2.26. The monoisotopic (exact) mass is 351 g/mol. The molecule has 0 aliphatic carbocycles. The average Bonchev–Trinajstić information content (AvgIpc) is 3.33. The molecule has 0 bridgehead atoms. The molecule has 1 aromatic carbocycles. The van der Waals surface area contributed by atoms with E-state index in [1.807, 2.05) is 0 Å². The van der Waals surface area contributed by atoms with Crippen molar-refractivity contribution in [2.45, 2.75) is 6.04 Å². The van der Waals surface area contributed by atoms with Gasteiger partial charge in [0, 0.05) is 11.1 Å². The Morgan fingerprint density at radius 3 is 2.81 bits per heavy atom. The van der Waals surface area contributed by atoms with E-state index < -0.39 is 11.6 Å². The predicted octanol–water partition coefficient (Wildman–Crippen LogP) is 1.85. The Hall–Kier alpha value is -3.82. The van der Waals surface area contributed by atoms with Crippen LogP contribution < -0.4 is 10.9 Å². The minimum absolute atomic E-state index is 0.267. The first kappa shape index (κ1) is 14.5. The molecule has 3 aromatic heterocycles.